The molecule has 1 aliphatic heterocycles. The molecule has 202 valence electrons. The van der Waals surface area contributed by atoms with Gasteiger partial charge in [0.15, 0.2) is 11.5 Å². The third-order valence-corrected chi connectivity index (χ3v) is 7.05. The van der Waals surface area contributed by atoms with Gasteiger partial charge in [0.25, 0.3) is 5.91 Å². The third-order valence-electron chi connectivity index (χ3n) is 7.05. The fourth-order valence-corrected chi connectivity index (χ4v) is 5.04. The number of ether oxygens (including phenoxy) is 3. The Balaban J connectivity index is 1.53. The van der Waals surface area contributed by atoms with Crippen molar-refractivity contribution in [3.8, 4) is 28.5 Å². The van der Waals surface area contributed by atoms with Crippen LogP contribution in [0.3, 0.4) is 0 Å². The summed E-state index contributed by atoms with van der Waals surface area (Å²) >= 11 is 0. The summed E-state index contributed by atoms with van der Waals surface area (Å²) < 4.78 is 17.3. The van der Waals surface area contributed by atoms with E-state index in [1.54, 1.807) is 7.11 Å². The van der Waals surface area contributed by atoms with Crippen LogP contribution in [0.25, 0.3) is 11.3 Å². The van der Waals surface area contributed by atoms with Crippen molar-refractivity contribution in [2.24, 2.45) is 0 Å². The van der Waals surface area contributed by atoms with Gasteiger partial charge in [-0.25, -0.2) is 0 Å². The molecule has 7 nitrogen and oxygen atoms in total. The summed E-state index contributed by atoms with van der Waals surface area (Å²) in [5.41, 5.74) is 5.28. The summed E-state index contributed by atoms with van der Waals surface area (Å²) in [5.74, 6) is 2.16. The number of carbonyl (C=O) groups excluding carboxylic acids is 1. The number of hydrogen-bond donors (Lipinski definition) is 1. The molecule has 39 heavy (non-hydrogen) atoms. The van der Waals surface area contributed by atoms with Crippen molar-refractivity contribution in [2.75, 3.05) is 26.9 Å². The highest BCUT2D eigenvalue weighted by Crippen LogP contribution is 2.44. The third kappa shape index (κ3) is 5.48. The molecule has 0 bridgehead atoms. The minimum Gasteiger partial charge on any atom is -0.497 e. The van der Waals surface area contributed by atoms with Crippen molar-refractivity contribution >= 4 is 5.91 Å². The molecule has 0 spiro atoms. The van der Waals surface area contributed by atoms with E-state index in [1.807, 2.05) is 84.6 Å². The topological polar surface area (TPSA) is 76.7 Å². The second-order valence-corrected chi connectivity index (χ2v) is 9.57. The van der Waals surface area contributed by atoms with Crippen molar-refractivity contribution in [1.29, 1.82) is 0 Å². The number of aromatic nitrogens is 2. The monoisotopic (exact) mass is 525 g/mol. The predicted octanol–water partition coefficient (Wildman–Crippen LogP) is 6.45. The van der Waals surface area contributed by atoms with Crippen LogP contribution in [0.15, 0.2) is 72.8 Å². The molecule has 7 heteroatoms. The Morgan fingerprint density at radius 2 is 1.74 bits per heavy atom. The number of nitrogens with zero attached hydrogens (tertiary/aromatic N) is 2. The maximum absolute atomic E-state index is 13.8. The molecule has 0 aliphatic carbocycles. The second kappa shape index (κ2) is 12.1. The van der Waals surface area contributed by atoms with Crippen molar-refractivity contribution in [2.45, 2.75) is 39.2 Å². The van der Waals surface area contributed by atoms with Gasteiger partial charge in [-0.15, -0.1) is 0 Å². The fourth-order valence-electron chi connectivity index (χ4n) is 5.04. The van der Waals surface area contributed by atoms with Gasteiger partial charge in [0.05, 0.1) is 32.1 Å². The van der Waals surface area contributed by atoms with Crippen LogP contribution in [0.1, 0.15) is 59.9 Å². The first-order valence-corrected chi connectivity index (χ1v) is 13.6. The van der Waals surface area contributed by atoms with Gasteiger partial charge >= 0.3 is 0 Å². The van der Waals surface area contributed by atoms with Crippen LogP contribution in [0.2, 0.25) is 0 Å². The normalized spacial score (nSPS) is 14.4. The number of amides is 1. The molecule has 0 saturated carbocycles. The number of unbranched alkanes of at least 4 members (excludes halogenated alkanes) is 1. The quantitative estimate of drug-likeness (QED) is 0.215. The highest BCUT2D eigenvalue weighted by Gasteiger charge is 2.42. The van der Waals surface area contributed by atoms with Crippen LogP contribution >= 0.6 is 0 Å². The summed E-state index contributed by atoms with van der Waals surface area (Å²) in [6.45, 7) is 5.80. The van der Waals surface area contributed by atoms with Crippen LogP contribution in [-0.2, 0) is 6.42 Å². The molecule has 2 heterocycles. The molecule has 1 atom stereocenters. The molecular formula is C32H35N3O4. The van der Waals surface area contributed by atoms with Crippen LogP contribution in [0, 0.1) is 0 Å². The van der Waals surface area contributed by atoms with E-state index in [2.05, 4.69) is 17.1 Å². The first kappa shape index (κ1) is 26.4. The lowest BCUT2D eigenvalue weighted by molar-refractivity contribution is 0.0745. The summed E-state index contributed by atoms with van der Waals surface area (Å²) in [5, 5.41) is 7.64. The first-order chi connectivity index (χ1) is 19.1. The molecule has 0 radical (unpaired) electrons. The lowest BCUT2D eigenvalue weighted by atomic mass is 9.95. The Labute approximate surface area is 229 Å². The Hall–Kier alpha value is -4.26. The molecule has 0 saturated heterocycles. The standard InChI is InChI=1S/C32H35N3O4/c1-4-6-20-39-26-17-14-24(21-27(26)38-5-2)31-28-29(23-10-8-7-9-11-23)33-34-30(28)32(36)35(31)19-18-22-12-15-25(37-3)16-13-22/h7-17,21,31H,4-6,18-20H2,1-3H3,(H,33,34). The smallest absolute Gasteiger partial charge is 0.273 e. The maximum atomic E-state index is 13.8. The van der Waals surface area contributed by atoms with E-state index >= 15 is 0 Å². The number of methoxy groups -OCH3 is 1. The van der Waals surface area contributed by atoms with Gasteiger partial charge in [0.2, 0.25) is 0 Å². The number of hydrogen-bond acceptors (Lipinski definition) is 5. The van der Waals surface area contributed by atoms with Crippen LogP contribution in [-0.4, -0.2) is 47.9 Å². The van der Waals surface area contributed by atoms with E-state index in [0.717, 1.165) is 52.3 Å². The number of H-pyrrole nitrogens is 1. The maximum Gasteiger partial charge on any atom is 0.273 e. The molecule has 3 aromatic carbocycles. The van der Waals surface area contributed by atoms with E-state index in [1.165, 1.54) is 0 Å². The average molecular weight is 526 g/mol. The molecule has 1 amide bonds. The zero-order chi connectivity index (χ0) is 27.2. The van der Waals surface area contributed by atoms with Crippen molar-refractivity contribution in [3.63, 3.8) is 0 Å². The SMILES string of the molecule is CCCCOc1ccc(C2c3c(-c4ccccc4)n[nH]c3C(=O)N2CCc2ccc(OC)cc2)cc1OCC. The van der Waals surface area contributed by atoms with Gasteiger partial charge in [-0.1, -0.05) is 61.9 Å². The zero-order valence-electron chi connectivity index (χ0n) is 22.8. The zero-order valence-corrected chi connectivity index (χ0v) is 22.8. The van der Waals surface area contributed by atoms with Crippen LogP contribution < -0.4 is 14.2 Å². The molecule has 5 rings (SSSR count). The van der Waals surface area contributed by atoms with E-state index in [9.17, 15) is 4.79 Å². The van der Waals surface area contributed by atoms with E-state index < -0.39 is 0 Å². The number of rotatable bonds is 12. The molecule has 1 unspecified atom stereocenters. The molecule has 1 N–H and O–H groups in total. The Morgan fingerprint density at radius 1 is 0.949 bits per heavy atom. The van der Waals surface area contributed by atoms with Gasteiger partial charge in [-0.2, -0.15) is 5.10 Å². The number of aromatic amines is 1. The minimum atomic E-state index is -0.316. The molecule has 1 aromatic heterocycles. The summed E-state index contributed by atoms with van der Waals surface area (Å²) in [6.07, 6.45) is 2.74. The number of fused-ring (bicyclic) bond motifs is 1. The predicted molar refractivity (Wildman–Crippen MR) is 152 cm³/mol. The van der Waals surface area contributed by atoms with Gasteiger partial charge in [0.1, 0.15) is 11.4 Å². The Kier molecular flexibility index (Phi) is 8.16. The molecular weight excluding hydrogens is 490 g/mol. The average Bonchev–Trinajstić information content (AvgIpc) is 3.52. The van der Waals surface area contributed by atoms with Crippen molar-refractivity contribution in [3.05, 3.63) is 95.2 Å². The second-order valence-electron chi connectivity index (χ2n) is 9.57. The number of benzene rings is 3. The van der Waals surface area contributed by atoms with Crippen molar-refractivity contribution < 1.29 is 19.0 Å². The number of nitrogens with one attached hydrogen (secondary N) is 1. The lowest BCUT2D eigenvalue weighted by Gasteiger charge is -2.27. The minimum absolute atomic E-state index is 0.0561. The van der Waals surface area contributed by atoms with Gasteiger partial charge < -0.3 is 19.1 Å². The Morgan fingerprint density at radius 3 is 2.46 bits per heavy atom. The summed E-state index contributed by atoms with van der Waals surface area (Å²) in [7, 11) is 1.66. The lowest BCUT2D eigenvalue weighted by Crippen LogP contribution is -2.31. The van der Waals surface area contributed by atoms with E-state index in [0.29, 0.717) is 37.6 Å². The van der Waals surface area contributed by atoms with Gasteiger partial charge in [-0.05, 0) is 55.2 Å². The summed E-state index contributed by atoms with van der Waals surface area (Å²) in [4.78, 5) is 15.7. The van der Waals surface area contributed by atoms with E-state index in [-0.39, 0.29) is 11.9 Å². The molecule has 0 fully saturated rings. The van der Waals surface area contributed by atoms with Crippen LogP contribution in [0.4, 0.5) is 0 Å². The largest absolute Gasteiger partial charge is 0.497 e. The van der Waals surface area contributed by atoms with Gasteiger partial charge in [0, 0.05) is 17.7 Å². The van der Waals surface area contributed by atoms with Gasteiger partial charge in [-0.3, -0.25) is 9.89 Å². The number of carbonyl (C=O) groups is 1. The molecule has 4 aromatic rings. The highest BCUT2D eigenvalue weighted by atomic mass is 16.5. The first-order valence-electron chi connectivity index (χ1n) is 13.6. The van der Waals surface area contributed by atoms with Crippen LogP contribution in [0.5, 0.6) is 17.2 Å². The fraction of sp³-hybridized carbons (Fsp3) is 0.312. The summed E-state index contributed by atoms with van der Waals surface area (Å²) in [6, 6.07) is 23.7. The highest BCUT2D eigenvalue weighted by molar-refractivity contribution is 6.00. The Bertz CT molecular complexity index is 1400. The molecule has 1 aliphatic rings. The van der Waals surface area contributed by atoms with Crippen molar-refractivity contribution in [1.82, 2.24) is 15.1 Å². The van der Waals surface area contributed by atoms with E-state index in [4.69, 9.17) is 14.2 Å².